The van der Waals surface area contributed by atoms with Crippen LogP contribution < -0.4 is 0 Å². The van der Waals surface area contributed by atoms with Gasteiger partial charge in [-0.3, -0.25) is 14.7 Å². The van der Waals surface area contributed by atoms with E-state index < -0.39 is 5.97 Å². The topological polar surface area (TPSA) is 95.5 Å². The van der Waals surface area contributed by atoms with E-state index >= 15 is 0 Å². The summed E-state index contributed by atoms with van der Waals surface area (Å²) in [6.45, 7) is 0.199. The molecule has 1 aromatic carbocycles. The van der Waals surface area contributed by atoms with Crippen LogP contribution in [0.5, 0.6) is 0 Å². The molecule has 0 unspecified atom stereocenters. The second-order valence-electron chi connectivity index (χ2n) is 4.60. The molecule has 0 fully saturated rings. The quantitative estimate of drug-likeness (QED) is 0.781. The van der Waals surface area contributed by atoms with Gasteiger partial charge in [0, 0.05) is 19.0 Å². The smallest absolute Gasteiger partial charge is 0.323 e. The molecule has 1 amide bonds. The van der Waals surface area contributed by atoms with Crippen LogP contribution in [0.4, 0.5) is 0 Å². The van der Waals surface area contributed by atoms with E-state index in [1.54, 1.807) is 0 Å². The lowest BCUT2D eigenvalue weighted by atomic mass is 10.1. The number of carboxylic acids is 1. The van der Waals surface area contributed by atoms with E-state index in [0.717, 1.165) is 10.9 Å². The molecule has 112 valence electrons. The monoisotopic (exact) mass is 291 g/mol. The number of hydrogen-bond acceptors (Lipinski definition) is 4. The van der Waals surface area contributed by atoms with Gasteiger partial charge in [0.05, 0.1) is 24.2 Å². The Bertz CT molecular complexity index is 638. The van der Waals surface area contributed by atoms with Crippen LogP contribution in [0.3, 0.4) is 0 Å². The number of aromatic amines is 1. The summed E-state index contributed by atoms with van der Waals surface area (Å²) in [5, 5.41) is 16.7. The van der Waals surface area contributed by atoms with Crippen LogP contribution in [0.25, 0.3) is 10.9 Å². The van der Waals surface area contributed by atoms with Crippen LogP contribution in [0.1, 0.15) is 5.69 Å². The minimum absolute atomic E-state index is 0.0809. The molecular formula is C14H17N3O4. The summed E-state index contributed by atoms with van der Waals surface area (Å²) < 4.78 is 4.90. The Morgan fingerprint density at radius 1 is 1.38 bits per heavy atom. The number of nitrogens with zero attached hydrogens (tertiary/aromatic N) is 2. The zero-order valence-electron chi connectivity index (χ0n) is 11.7. The number of rotatable bonds is 7. The number of aromatic nitrogens is 2. The van der Waals surface area contributed by atoms with Gasteiger partial charge in [0.15, 0.2) is 0 Å². The predicted octanol–water partition coefficient (Wildman–Crippen LogP) is 0.665. The highest BCUT2D eigenvalue weighted by Gasteiger charge is 2.18. The van der Waals surface area contributed by atoms with Gasteiger partial charge in [-0.1, -0.05) is 18.2 Å². The van der Waals surface area contributed by atoms with Gasteiger partial charge in [-0.25, -0.2) is 0 Å². The Morgan fingerprint density at radius 2 is 2.14 bits per heavy atom. The van der Waals surface area contributed by atoms with E-state index in [1.165, 1.54) is 12.0 Å². The van der Waals surface area contributed by atoms with E-state index in [9.17, 15) is 9.59 Å². The summed E-state index contributed by atoms with van der Waals surface area (Å²) in [4.78, 5) is 24.4. The summed E-state index contributed by atoms with van der Waals surface area (Å²) in [5.41, 5.74) is 1.46. The normalized spacial score (nSPS) is 10.7. The molecule has 0 radical (unpaired) electrons. The van der Waals surface area contributed by atoms with E-state index in [4.69, 9.17) is 9.84 Å². The Morgan fingerprint density at radius 3 is 2.86 bits per heavy atom. The average Bonchev–Trinajstić information content (AvgIpc) is 2.86. The summed E-state index contributed by atoms with van der Waals surface area (Å²) in [5.74, 6) is -1.32. The van der Waals surface area contributed by atoms with E-state index in [1.807, 2.05) is 24.3 Å². The number of ether oxygens (including phenoxy) is 1. The highest BCUT2D eigenvalue weighted by molar-refractivity contribution is 5.88. The van der Waals surface area contributed by atoms with Gasteiger partial charge in [0.25, 0.3) is 0 Å². The molecular weight excluding hydrogens is 274 g/mol. The van der Waals surface area contributed by atoms with Crippen molar-refractivity contribution in [3.05, 3.63) is 30.0 Å². The van der Waals surface area contributed by atoms with Crippen LogP contribution in [-0.2, 0) is 20.7 Å². The largest absolute Gasteiger partial charge is 0.480 e. The molecule has 7 heteroatoms. The number of H-pyrrole nitrogens is 1. The van der Waals surface area contributed by atoms with Crippen molar-refractivity contribution in [3.63, 3.8) is 0 Å². The maximum absolute atomic E-state index is 12.3. The molecule has 0 spiro atoms. The van der Waals surface area contributed by atoms with Crippen molar-refractivity contribution in [1.29, 1.82) is 0 Å². The number of amides is 1. The van der Waals surface area contributed by atoms with Crippen LogP contribution in [0, 0.1) is 0 Å². The van der Waals surface area contributed by atoms with Gasteiger partial charge in [-0.15, -0.1) is 0 Å². The molecule has 0 aliphatic rings. The van der Waals surface area contributed by atoms with Crippen LogP contribution >= 0.6 is 0 Å². The van der Waals surface area contributed by atoms with Gasteiger partial charge >= 0.3 is 5.97 Å². The second kappa shape index (κ2) is 6.85. The van der Waals surface area contributed by atoms with E-state index in [2.05, 4.69) is 10.2 Å². The molecule has 0 aliphatic heterocycles. The Balaban J connectivity index is 2.11. The third kappa shape index (κ3) is 3.79. The summed E-state index contributed by atoms with van der Waals surface area (Å²) >= 11 is 0. The Kier molecular flexibility index (Phi) is 4.89. The fraction of sp³-hybridized carbons (Fsp3) is 0.357. The third-order valence-corrected chi connectivity index (χ3v) is 3.11. The van der Waals surface area contributed by atoms with Gasteiger partial charge < -0.3 is 14.7 Å². The molecule has 0 atom stereocenters. The van der Waals surface area contributed by atoms with Crippen molar-refractivity contribution in [2.45, 2.75) is 6.42 Å². The first kappa shape index (κ1) is 15.0. The summed E-state index contributed by atoms with van der Waals surface area (Å²) in [6, 6.07) is 7.45. The predicted molar refractivity (Wildman–Crippen MR) is 75.9 cm³/mol. The fourth-order valence-electron chi connectivity index (χ4n) is 2.07. The number of hydrogen-bond donors (Lipinski definition) is 2. The van der Waals surface area contributed by atoms with E-state index in [0.29, 0.717) is 12.3 Å². The molecule has 0 bridgehead atoms. The molecule has 1 aromatic heterocycles. The summed E-state index contributed by atoms with van der Waals surface area (Å²) in [7, 11) is 1.51. The highest BCUT2D eigenvalue weighted by Crippen LogP contribution is 2.16. The third-order valence-electron chi connectivity index (χ3n) is 3.11. The van der Waals surface area contributed by atoms with Crippen LogP contribution in [-0.4, -0.2) is 58.9 Å². The number of benzene rings is 1. The van der Waals surface area contributed by atoms with Crippen molar-refractivity contribution in [2.24, 2.45) is 0 Å². The summed E-state index contributed by atoms with van der Waals surface area (Å²) in [6.07, 6.45) is 0.0809. The number of carboxylic acid groups (broad SMARTS) is 1. The molecule has 2 N–H and O–H groups in total. The molecule has 0 aliphatic carbocycles. The fourth-order valence-corrected chi connectivity index (χ4v) is 2.07. The van der Waals surface area contributed by atoms with Gasteiger partial charge in [-0.05, 0) is 6.07 Å². The lowest BCUT2D eigenvalue weighted by Crippen LogP contribution is -2.39. The first-order valence-electron chi connectivity index (χ1n) is 6.52. The molecule has 2 rings (SSSR count). The van der Waals surface area contributed by atoms with Gasteiger partial charge in [0.1, 0.15) is 6.54 Å². The lowest BCUT2D eigenvalue weighted by molar-refractivity contribution is -0.144. The standard InChI is InChI=1S/C14H17N3O4/c1-21-7-6-17(9-14(19)20)13(18)8-12-10-4-2-3-5-11(10)15-16-12/h2-5H,6-9H2,1H3,(H,15,16)(H,19,20). The number of para-hydroxylation sites is 1. The number of methoxy groups -OCH3 is 1. The van der Waals surface area contributed by atoms with Crippen molar-refractivity contribution in [2.75, 3.05) is 26.8 Å². The van der Waals surface area contributed by atoms with E-state index in [-0.39, 0.29) is 25.4 Å². The van der Waals surface area contributed by atoms with Crippen molar-refractivity contribution >= 4 is 22.8 Å². The molecule has 21 heavy (non-hydrogen) atoms. The van der Waals surface area contributed by atoms with Crippen molar-refractivity contribution in [1.82, 2.24) is 15.1 Å². The van der Waals surface area contributed by atoms with Gasteiger partial charge in [0.2, 0.25) is 5.91 Å². The average molecular weight is 291 g/mol. The highest BCUT2D eigenvalue weighted by atomic mass is 16.5. The number of aliphatic carboxylic acids is 1. The van der Waals surface area contributed by atoms with Crippen molar-refractivity contribution in [3.8, 4) is 0 Å². The molecule has 0 saturated carbocycles. The maximum atomic E-state index is 12.3. The minimum atomic E-state index is -1.05. The second-order valence-corrected chi connectivity index (χ2v) is 4.60. The zero-order chi connectivity index (χ0) is 15.2. The van der Waals surface area contributed by atoms with Gasteiger partial charge in [-0.2, -0.15) is 5.10 Å². The Hall–Kier alpha value is -2.41. The minimum Gasteiger partial charge on any atom is -0.480 e. The van der Waals surface area contributed by atoms with Crippen molar-refractivity contribution < 1.29 is 19.4 Å². The zero-order valence-corrected chi connectivity index (χ0v) is 11.7. The molecule has 7 nitrogen and oxygen atoms in total. The first-order valence-corrected chi connectivity index (χ1v) is 6.52. The number of carbonyl (C=O) groups excluding carboxylic acids is 1. The molecule has 2 aromatic rings. The van der Waals surface area contributed by atoms with Crippen LogP contribution in [0.2, 0.25) is 0 Å². The number of nitrogens with one attached hydrogen (secondary N) is 1. The Labute approximate surface area is 121 Å². The lowest BCUT2D eigenvalue weighted by Gasteiger charge is -2.20. The molecule has 1 heterocycles. The first-order chi connectivity index (χ1) is 10.1. The molecule has 0 saturated heterocycles. The number of fused-ring (bicyclic) bond motifs is 1. The maximum Gasteiger partial charge on any atom is 0.323 e. The number of carbonyl (C=O) groups is 2. The van der Waals surface area contributed by atoms with Crippen LogP contribution in [0.15, 0.2) is 24.3 Å². The SMILES string of the molecule is COCCN(CC(=O)O)C(=O)Cc1[nH]nc2ccccc12.